The number of H-pyrrole nitrogens is 1. The first-order chi connectivity index (χ1) is 11.2. The molecule has 23 heavy (non-hydrogen) atoms. The number of hydrogen-bond acceptors (Lipinski definition) is 3. The Hall–Kier alpha value is -2.21. The zero-order valence-corrected chi connectivity index (χ0v) is 12.8. The predicted octanol–water partition coefficient (Wildman–Crippen LogP) is 2.00. The van der Waals surface area contributed by atoms with Crippen LogP contribution in [-0.2, 0) is 19.5 Å². The van der Waals surface area contributed by atoms with E-state index in [1.165, 1.54) is 12.1 Å². The maximum Gasteiger partial charge on any atom is 0.275 e. The first kappa shape index (κ1) is 14.4. The third-order valence-corrected chi connectivity index (χ3v) is 4.50. The van der Waals surface area contributed by atoms with E-state index in [9.17, 15) is 9.18 Å². The van der Waals surface area contributed by atoms with Gasteiger partial charge in [0, 0.05) is 43.4 Å². The highest BCUT2D eigenvalue weighted by atomic mass is 19.1. The number of amides is 1. The smallest absolute Gasteiger partial charge is 0.275 e. The number of halogens is 1. The van der Waals surface area contributed by atoms with E-state index in [2.05, 4.69) is 15.5 Å². The van der Waals surface area contributed by atoms with Gasteiger partial charge in [-0.05, 0) is 30.5 Å². The van der Waals surface area contributed by atoms with Crippen molar-refractivity contribution in [2.45, 2.75) is 38.4 Å². The van der Waals surface area contributed by atoms with E-state index in [4.69, 9.17) is 0 Å². The molecule has 6 heteroatoms. The zero-order valence-electron chi connectivity index (χ0n) is 12.8. The molecule has 2 N–H and O–H groups in total. The highest BCUT2D eigenvalue weighted by Gasteiger charge is 2.35. The van der Waals surface area contributed by atoms with Crippen LogP contribution in [0.25, 0.3) is 0 Å². The molecule has 1 saturated carbocycles. The van der Waals surface area contributed by atoms with Crippen LogP contribution in [0.1, 0.15) is 40.2 Å². The van der Waals surface area contributed by atoms with Crippen molar-refractivity contribution in [2.75, 3.05) is 6.54 Å². The number of hydrogen-bond donors (Lipinski definition) is 2. The van der Waals surface area contributed by atoms with Gasteiger partial charge < -0.3 is 10.2 Å². The maximum atomic E-state index is 13.4. The van der Waals surface area contributed by atoms with Crippen molar-refractivity contribution >= 4 is 5.91 Å². The number of carbonyl (C=O) groups excluding carboxylic acids is 1. The normalized spacial score (nSPS) is 16.9. The Morgan fingerprint density at radius 1 is 1.39 bits per heavy atom. The molecule has 0 unspecified atom stereocenters. The van der Waals surface area contributed by atoms with Gasteiger partial charge in [-0.15, -0.1) is 0 Å². The Morgan fingerprint density at radius 3 is 3.04 bits per heavy atom. The lowest BCUT2D eigenvalue weighted by atomic mass is 10.1. The van der Waals surface area contributed by atoms with Crippen LogP contribution < -0.4 is 5.32 Å². The molecule has 1 aromatic carbocycles. The molecule has 120 valence electrons. The third kappa shape index (κ3) is 2.86. The van der Waals surface area contributed by atoms with Crippen LogP contribution in [0.4, 0.5) is 4.39 Å². The van der Waals surface area contributed by atoms with Crippen molar-refractivity contribution < 1.29 is 9.18 Å². The molecule has 1 amide bonds. The van der Waals surface area contributed by atoms with Crippen LogP contribution in [0.2, 0.25) is 0 Å². The van der Waals surface area contributed by atoms with Crippen molar-refractivity contribution in [3.63, 3.8) is 0 Å². The average molecular weight is 314 g/mol. The number of aromatic amines is 1. The summed E-state index contributed by atoms with van der Waals surface area (Å²) in [5.74, 6) is -0.329. The molecule has 0 spiro atoms. The van der Waals surface area contributed by atoms with Gasteiger partial charge in [-0.25, -0.2) is 4.39 Å². The van der Waals surface area contributed by atoms with Gasteiger partial charge in [0.1, 0.15) is 5.82 Å². The predicted molar refractivity (Wildman–Crippen MR) is 83.3 cm³/mol. The minimum absolute atomic E-state index is 0.0574. The Balaban J connectivity index is 1.60. The van der Waals surface area contributed by atoms with Crippen molar-refractivity contribution in [2.24, 2.45) is 0 Å². The lowest BCUT2D eigenvalue weighted by Gasteiger charge is -2.23. The monoisotopic (exact) mass is 314 g/mol. The lowest BCUT2D eigenvalue weighted by Crippen LogP contribution is -2.34. The van der Waals surface area contributed by atoms with Crippen LogP contribution in [-0.4, -0.2) is 33.6 Å². The van der Waals surface area contributed by atoms with Gasteiger partial charge in [-0.1, -0.05) is 12.1 Å². The van der Waals surface area contributed by atoms with Crippen LogP contribution in [0.3, 0.4) is 0 Å². The van der Waals surface area contributed by atoms with E-state index in [0.717, 1.165) is 42.6 Å². The number of rotatable bonds is 4. The van der Waals surface area contributed by atoms with Gasteiger partial charge in [-0.3, -0.25) is 9.89 Å². The average Bonchev–Trinajstić information content (AvgIpc) is 3.31. The number of fused-ring (bicyclic) bond motifs is 1. The number of carbonyl (C=O) groups is 1. The number of nitrogens with one attached hydrogen (secondary N) is 2. The van der Waals surface area contributed by atoms with Crippen molar-refractivity contribution in [1.82, 2.24) is 20.4 Å². The summed E-state index contributed by atoms with van der Waals surface area (Å²) in [7, 11) is 0. The Kier molecular flexibility index (Phi) is 3.61. The van der Waals surface area contributed by atoms with Gasteiger partial charge >= 0.3 is 0 Å². The lowest BCUT2D eigenvalue weighted by molar-refractivity contribution is 0.0722. The molecule has 1 aliphatic heterocycles. The Morgan fingerprint density at radius 2 is 2.26 bits per heavy atom. The summed E-state index contributed by atoms with van der Waals surface area (Å²) < 4.78 is 13.4. The summed E-state index contributed by atoms with van der Waals surface area (Å²) in [6.07, 6.45) is 2.88. The van der Waals surface area contributed by atoms with Gasteiger partial charge in [0.25, 0.3) is 5.91 Å². The molecule has 4 rings (SSSR count). The minimum Gasteiger partial charge on any atom is -0.330 e. The van der Waals surface area contributed by atoms with Gasteiger partial charge in [0.15, 0.2) is 5.69 Å². The van der Waals surface area contributed by atoms with E-state index >= 15 is 0 Å². The first-order valence-corrected chi connectivity index (χ1v) is 8.04. The highest BCUT2D eigenvalue weighted by Crippen LogP contribution is 2.30. The molecule has 0 bridgehead atoms. The van der Waals surface area contributed by atoms with E-state index in [0.29, 0.717) is 18.8 Å². The van der Waals surface area contributed by atoms with E-state index in [1.807, 2.05) is 11.0 Å². The van der Waals surface area contributed by atoms with E-state index in [-0.39, 0.29) is 17.8 Å². The standard InChI is InChI=1S/C17H19FN4O/c18-12-3-1-2-11(8-12)10-22(13-4-5-13)17(23)16-14-9-19-7-6-15(14)20-21-16/h1-3,8,13,19H,4-7,9-10H2,(H,20,21). The zero-order chi connectivity index (χ0) is 15.8. The minimum atomic E-state index is -0.271. The molecule has 1 aliphatic carbocycles. The van der Waals surface area contributed by atoms with Gasteiger partial charge in [0.05, 0.1) is 0 Å². The van der Waals surface area contributed by atoms with Crippen molar-refractivity contribution in [1.29, 1.82) is 0 Å². The Labute approximate surface area is 133 Å². The summed E-state index contributed by atoms with van der Waals surface area (Å²) >= 11 is 0. The van der Waals surface area contributed by atoms with Crippen molar-refractivity contribution in [3.05, 3.63) is 52.6 Å². The molecular weight excluding hydrogens is 295 g/mol. The van der Waals surface area contributed by atoms with Crippen molar-refractivity contribution in [3.8, 4) is 0 Å². The fraction of sp³-hybridized carbons (Fsp3) is 0.412. The molecule has 1 fully saturated rings. The fourth-order valence-electron chi connectivity index (χ4n) is 3.12. The highest BCUT2D eigenvalue weighted by molar-refractivity contribution is 5.94. The van der Waals surface area contributed by atoms with Crippen LogP contribution >= 0.6 is 0 Å². The second-order valence-corrected chi connectivity index (χ2v) is 6.25. The molecule has 2 aromatic rings. The first-order valence-electron chi connectivity index (χ1n) is 8.04. The second-order valence-electron chi connectivity index (χ2n) is 6.25. The molecule has 0 saturated heterocycles. The molecule has 1 aromatic heterocycles. The summed E-state index contributed by atoms with van der Waals surface area (Å²) in [6.45, 7) is 2.00. The van der Waals surface area contributed by atoms with Crippen LogP contribution in [0.5, 0.6) is 0 Å². The molecule has 0 radical (unpaired) electrons. The number of nitrogens with zero attached hydrogens (tertiary/aromatic N) is 2. The van der Waals surface area contributed by atoms with Crippen LogP contribution in [0, 0.1) is 5.82 Å². The molecular formula is C17H19FN4O. The summed E-state index contributed by atoms with van der Waals surface area (Å²) in [4.78, 5) is 14.8. The number of aromatic nitrogens is 2. The molecule has 0 atom stereocenters. The number of benzene rings is 1. The van der Waals surface area contributed by atoms with Gasteiger partial charge in [-0.2, -0.15) is 5.10 Å². The largest absolute Gasteiger partial charge is 0.330 e. The quantitative estimate of drug-likeness (QED) is 0.907. The Bertz CT molecular complexity index is 738. The fourth-order valence-corrected chi connectivity index (χ4v) is 3.12. The molecule has 5 nitrogen and oxygen atoms in total. The summed E-state index contributed by atoms with van der Waals surface area (Å²) in [5.41, 5.74) is 3.35. The van der Waals surface area contributed by atoms with E-state index < -0.39 is 0 Å². The summed E-state index contributed by atoms with van der Waals surface area (Å²) in [5, 5.41) is 10.5. The third-order valence-electron chi connectivity index (χ3n) is 4.50. The maximum absolute atomic E-state index is 13.4. The second kappa shape index (κ2) is 5.77. The molecule has 2 aliphatic rings. The molecule has 2 heterocycles. The van der Waals surface area contributed by atoms with Gasteiger partial charge in [0.2, 0.25) is 0 Å². The summed E-state index contributed by atoms with van der Waals surface area (Å²) in [6, 6.07) is 6.69. The van der Waals surface area contributed by atoms with Crippen LogP contribution in [0.15, 0.2) is 24.3 Å². The topological polar surface area (TPSA) is 61.0 Å². The van der Waals surface area contributed by atoms with E-state index in [1.54, 1.807) is 6.07 Å². The SMILES string of the molecule is O=C(c1n[nH]c2c1CNCC2)N(Cc1cccc(F)c1)C1CC1.